The summed E-state index contributed by atoms with van der Waals surface area (Å²) in [6.07, 6.45) is 4.50. The summed E-state index contributed by atoms with van der Waals surface area (Å²) in [5, 5.41) is 3.31. The average Bonchev–Trinajstić information content (AvgIpc) is 3.47. The van der Waals surface area contributed by atoms with Gasteiger partial charge in [0.15, 0.2) is 0 Å². The van der Waals surface area contributed by atoms with Gasteiger partial charge < -0.3 is 9.64 Å². The number of ether oxygens (including phenoxy) is 1. The molecule has 2 heterocycles. The minimum Gasteiger partial charge on any atom is -0.496 e. The number of amides is 1. The van der Waals surface area contributed by atoms with Crippen molar-refractivity contribution in [3.8, 4) is 17.0 Å². The number of methoxy groups -OCH3 is 1. The molecule has 4 rings (SSSR count). The number of benzene rings is 1. The first-order valence-corrected chi connectivity index (χ1v) is 11.2. The first kappa shape index (κ1) is 19.4. The lowest BCUT2D eigenvalue weighted by molar-refractivity contribution is -0.133. The Kier molecular flexibility index (Phi) is 5.97. The largest absolute Gasteiger partial charge is 0.496 e. The van der Waals surface area contributed by atoms with Crippen molar-refractivity contribution in [3.63, 3.8) is 0 Å². The quantitative estimate of drug-likeness (QED) is 0.706. The fourth-order valence-corrected chi connectivity index (χ4v) is 5.03. The Morgan fingerprint density at radius 1 is 1.25 bits per heavy atom. The Bertz CT molecular complexity index is 810. The molecule has 2 fully saturated rings. The number of hydrogen-bond donors (Lipinski definition) is 0. The first-order valence-electron chi connectivity index (χ1n) is 10.3. The molecule has 0 unspecified atom stereocenters. The van der Waals surface area contributed by atoms with Crippen LogP contribution in [0.5, 0.6) is 5.75 Å². The van der Waals surface area contributed by atoms with Gasteiger partial charge >= 0.3 is 0 Å². The molecule has 0 bridgehead atoms. The molecule has 150 valence electrons. The van der Waals surface area contributed by atoms with Crippen molar-refractivity contribution in [3.05, 3.63) is 34.7 Å². The standard InChI is InChI=1S/C22H29N3O2S/c1-3-24(17-8-9-17)14-21(26)25-12-10-16(11-13-25)22-23-19(15-28-22)18-6-4-5-7-20(18)27-2/h4-7,15-17H,3,8-14H2,1-2H3. The number of hydrogen-bond acceptors (Lipinski definition) is 5. The van der Waals surface area contributed by atoms with Crippen molar-refractivity contribution < 1.29 is 9.53 Å². The Balaban J connectivity index is 1.35. The number of carbonyl (C=O) groups excluding carboxylic acids is 1. The molecular weight excluding hydrogens is 370 g/mol. The summed E-state index contributed by atoms with van der Waals surface area (Å²) in [5.41, 5.74) is 2.03. The van der Waals surface area contributed by atoms with Crippen LogP contribution in [0.2, 0.25) is 0 Å². The van der Waals surface area contributed by atoms with Gasteiger partial charge in [0.25, 0.3) is 0 Å². The summed E-state index contributed by atoms with van der Waals surface area (Å²) in [7, 11) is 1.70. The maximum atomic E-state index is 12.7. The minimum atomic E-state index is 0.293. The monoisotopic (exact) mass is 399 g/mol. The van der Waals surface area contributed by atoms with Crippen LogP contribution < -0.4 is 4.74 Å². The molecule has 1 amide bonds. The van der Waals surface area contributed by atoms with E-state index in [2.05, 4.69) is 28.2 Å². The fourth-order valence-electron chi connectivity index (χ4n) is 4.04. The van der Waals surface area contributed by atoms with Crippen LogP contribution in [-0.2, 0) is 4.79 Å². The van der Waals surface area contributed by atoms with Crippen LogP contribution in [0.15, 0.2) is 29.6 Å². The summed E-state index contributed by atoms with van der Waals surface area (Å²) < 4.78 is 5.47. The predicted molar refractivity (Wildman–Crippen MR) is 113 cm³/mol. The molecule has 0 spiro atoms. The molecule has 6 heteroatoms. The normalized spacial score (nSPS) is 17.9. The van der Waals surface area contributed by atoms with E-state index < -0.39 is 0 Å². The number of para-hydroxylation sites is 1. The predicted octanol–water partition coefficient (Wildman–Crippen LogP) is 4.01. The molecule has 2 aromatic rings. The van der Waals surface area contributed by atoms with Crippen LogP contribution >= 0.6 is 11.3 Å². The van der Waals surface area contributed by atoms with Gasteiger partial charge in [-0.25, -0.2) is 4.98 Å². The van der Waals surface area contributed by atoms with Crippen molar-refractivity contribution in [2.24, 2.45) is 0 Å². The van der Waals surface area contributed by atoms with Crippen LogP contribution in [0.3, 0.4) is 0 Å². The van der Waals surface area contributed by atoms with Crippen molar-refractivity contribution in [1.82, 2.24) is 14.8 Å². The van der Waals surface area contributed by atoms with E-state index in [1.165, 1.54) is 17.8 Å². The van der Waals surface area contributed by atoms with E-state index in [1.807, 2.05) is 18.2 Å². The molecule has 1 aliphatic heterocycles. The second kappa shape index (κ2) is 8.62. The summed E-state index contributed by atoms with van der Waals surface area (Å²) in [6, 6.07) is 8.67. The van der Waals surface area contributed by atoms with E-state index in [0.29, 0.717) is 24.4 Å². The van der Waals surface area contributed by atoms with Crippen LogP contribution in [0.25, 0.3) is 11.3 Å². The zero-order valence-corrected chi connectivity index (χ0v) is 17.6. The second-order valence-corrected chi connectivity index (χ2v) is 8.61. The molecule has 0 N–H and O–H groups in total. The first-order chi connectivity index (χ1) is 13.7. The van der Waals surface area contributed by atoms with Gasteiger partial charge in [0.05, 0.1) is 24.4 Å². The Hall–Kier alpha value is -1.92. The molecule has 0 radical (unpaired) electrons. The number of carbonyl (C=O) groups is 1. The smallest absolute Gasteiger partial charge is 0.236 e. The lowest BCUT2D eigenvalue weighted by Crippen LogP contribution is -2.44. The molecule has 5 nitrogen and oxygen atoms in total. The maximum Gasteiger partial charge on any atom is 0.236 e. The topological polar surface area (TPSA) is 45.7 Å². The summed E-state index contributed by atoms with van der Waals surface area (Å²) >= 11 is 1.73. The van der Waals surface area contributed by atoms with Gasteiger partial charge in [-0.3, -0.25) is 9.69 Å². The van der Waals surface area contributed by atoms with E-state index in [1.54, 1.807) is 18.4 Å². The van der Waals surface area contributed by atoms with E-state index in [0.717, 1.165) is 49.5 Å². The number of nitrogens with zero attached hydrogens (tertiary/aromatic N) is 3. The van der Waals surface area contributed by atoms with Crippen LogP contribution in [0, 0.1) is 0 Å². The fraction of sp³-hybridized carbons (Fsp3) is 0.545. The molecule has 1 aromatic carbocycles. The molecule has 1 saturated heterocycles. The van der Waals surface area contributed by atoms with Crippen molar-refractivity contribution >= 4 is 17.2 Å². The lowest BCUT2D eigenvalue weighted by Gasteiger charge is -2.32. The van der Waals surface area contributed by atoms with E-state index in [9.17, 15) is 4.79 Å². The number of aromatic nitrogens is 1. The maximum absolute atomic E-state index is 12.7. The third kappa shape index (κ3) is 4.23. The zero-order valence-electron chi connectivity index (χ0n) is 16.8. The van der Waals surface area contributed by atoms with E-state index in [4.69, 9.17) is 9.72 Å². The molecule has 0 atom stereocenters. The van der Waals surface area contributed by atoms with Crippen molar-refractivity contribution in [2.45, 2.75) is 44.6 Å². The summed E-state index contributed by atoms with van der Waals surface area (Å²) in [6.45, 7) is 5.39. The van der Waals surface area contributed by atoms with Crippen molar-refractivity contribution in [1.29, 1.82) is 0 Å². The molecular formula is C22H29N3O2S. The number of likely N-dealkylation sites (N-methyl/N-ethyl adjacent to an activating group) is 1. The molecule has 2 aliphatic rings. The lowest BCUT2D eigenvalue weighted by atomic mass is 9.97. The van der Waals surface area contributed by atoms with Gasteiger partial charge in [-0.15, -0.1) is 11.3 Å². The number of thiazole rings is 1. The molecule has 1 aliphatic carbocycles. The van der Waals surface area contributed by atoms with Gasteiger partial charge in [0, 0.05) is 36.0 Å². The van der Waals surface area contributed by atoms with Gasteiger partial charge in [0.1, 0.15) is 5.75 Å². The summed E-state index contributed by atoms with van der Waals surface area (Å²) in [5.74, 6) is 1.60. The van der Waals surface area contributed by atoms with E-state index in [-0.39, 0.29) is 0 Å². The third-order valence-corrected chi connectivity index (χ3v) is 6.92. The van der Waals surface area contributed by atoms with Gasteiger partial charge in [-0.1, -0.05) is 19.1 Å². The highest BCUT2D eigenvalue weighted by Gasteiger charge is 2.31. The number of rotatable bonds is 7. The highest BCUT2D eigenvalue weighted by atomic mass is 32.1. The van der Waals surface area contributed by atoms with Crippen LogP contribution in [-0.4, -0.2) is 60.0 Å². The van der Waals surface area contributed by atoms with Crippen molar-refractivity contribution in [2.75, 3.05) is 33.3 Å². The summed E-state index contributed by atoms with van der Waals surface area (Å²) in [4.78, 5) is 21.9. The Morgan fingerprint density at radius 2 is 2.00 bits per heavy atom. The highest BCUT2D eigenvalue weighted by Crippen LogP contribution is 2.35. The molecule has 1 aromatic heterocycles. The highest BCUT2D eigenvalue weighted by molar-refractivity contribution is 7.10. The molecule has 1 saturated carbocycles. The number of piperidine rings is 1. The number of likely N-dealkylation sites (tertiary alicyclic amines) is 1. The van der Waals surface area contributed by atoms with Gasteiger partial charge in [0.2, 0.25) is 5.91 Å². The van der Waals surface area contributed by atoms with Gasteiger partial charge in [-0.2, -0.15) is 0 Å². The Labute approximate surface area is 171 Å². The molecule has 28 heavy (non-hydrogen) atoms. The van der Waals surface area contributed by atoms with Gasteiger partial charge in [-0.05, 0) is 44.4 Å². The second-order valence-electron chi connectivity index (χ2n) is 7.72. The average molecular weight is 400 g/mol. The van der Waals surface area contributed by atoms with Crippen LogP contribution in [0.1, 0.15) is 43.5 Å². The Morgan fingerprint density at radius 3 is 2.68 bits per heavy atom. The third-order valence-electron chi connectivity index (χ3n) is 5.91. The van der Waals surface area contributed by atoms with Crippen LogP contribution in [0.4, 0.5) is 0 Å². The zero-order chi connectivity index (χ0) is 19.5. The minimum absolute atomic E-state index is 0.293. The van der Waals surface area contributed by atoms with E-state index >= 15 is 0 Å². The SMILES string of the molecule is CCN(CC(=O)N1CCC(c2nc(-c3ccccc3OC)cs2)CC1)C1CC1.